The van der Waals surface area contributed by atoms with Crippen molar-refractivity contribution in [1.29, 1.82) is 0 Å². The van der Waals surface area contributed by atoms with Gasteiger partial charge in [0.05, 0.1) is 16.6 Å². The summed E-state index contributed by atoms with van der Waals surface area (Å²) in [6, 6.07) is -0.644. The first-order valence-corrected chi connectivity index (χ1v) is 15.4. The van der Waals surface area contributed by atoms with Crippen molar-refractivity contribution in [1.82, 2.24) is 9.80 Å². The molecule has 2 amide bonds. The van der Waals surface area contributed by atoms with Gasteiger partial charge >= 0.3 is 5.97 Å². The van der Waals surface area contributed by atoms with Crippen molar-refractivity contribution in [2.45, 2.75) is 102 Å². The first kappa shape index (κ1) is 31.7. The van der Waals surface area contributed by atoms with Gasteiger partial charge in [0.25, 0.3) is 0 Å². The van der Waals surface area contributed by atoms with Crippen LogP contribution in [0.2, 0.25) is 0 Å². The predicted molar refractivity (Wildman–Crippen MR) is 157 cm³/mol. The van der Waals surface area contributed by atoms with Gasteiger partial charge in [-0.1, -0.05) is 59.3 Å². The molecule has 6 atom stereocenters. The highest BCUT2D eigenvalue weighted by Gasteiger charge is 2.76. The van der Waals surface area contributed by atoms with Gasteiger partial charge in [0.1, 0.15) is 12.6 Å². The molecule has 8 heteroatoms. The second-order valence-corrected chi connectivity index (χ2v) is 15.0. The van der Waals surface area contributed by atoms with Crippen LogP contribution in [0.25, 0.3) is 0 Å². The summed E-state index contributed by atoms with van der Waals surface area (Å²) in [6.07, 6.45) is 8.10. The molecule has 0 aromatic carbocycles. The maximum Gasteiger partial charge on any atom is 0.311 e. The number of likely N-dealkylation sites (tertiary alicyclic amines) is 1. The van der Waals surface area contributed by atoms with E-state index in [1.165, 1.54) is 0 Å². The lowest BCUT2D eigenvalue weighted by molar-refractivity contribution is -0.153. The minimum atomic E-state index is -0.668. The summed E-state index contributed by atoms with van der Waals surface area (Å²) in [4.78, 5) is 46.0. The van der Waals surface area contributed by atoms with Gasteiger partial charge < -0.3 is 19.6 Å². The summed E-state index contributed by atoms with van der Waals surface area (Å²) >= 11 is 1.68. The van der Waals surface area contributed by atoms with Gasteiger partial charge in [0.2, 0.25) is 11.8 Å². The SMILES string of the molecule is C=CCOC(=O)[C@@H]1[C@@H]2CC(C)C3(S2)C(C(=O)N(CC=C)C(C)(C)CC(C)(C)C)N(CCCCCCO)C(=O)[C@H]13. The third-order valence-electron chi connectivity index (χ3n) is 8.67. The second-order valence-electron chi connectivity index (χ2n) is 13.4. The lowest BCUT2D eigenvalue weighted by Crippen LogP contribution is -2.61. The number of thioether (sulfide) groups is 1. The second kappa shape index (κ2) is 12.4. The average molecular weight is 563 g/mol. The van der Waals surface area contributed by atoms with Crippen LogP contribution in [0.15, 0.2) is 25.3 Å². The molecular formula is C31H50N2O5S. The Morgan fingerprint density at radius 2 is 1.82 bits per heavy atom. The van der Waals surface area contributed by atoms with E-state index in [0.29, 0.717) is 13.1 Å². The summed E-state index contributed by atoms with van der Waals surface area (Å²) in [5.74, 6) is -1.51. The standard InChI is InChI=1S/C31H50N2O5S/c1-9-15-33(30(7,8)20-29(4,5)6)27(36)25-31-21(3)19-22(39-31)23(28(37)38-18-10-2)24(31)26(35)32(25)16-13-11-12-14-17-34/h9-10,21-25,34H,1-2,11-20H2,3-8H3/t21?,22-,23+,24-,25?,31?/m0/s1. The zero-order valence-corrected chi connectivity index (χ0v) is 25.7. The molecular weight excluding hydrogens is 512 g/mol. The van der Waals surface area contributed by atoms with Crippen molar-refractivity contribution in [3.8, 4) is 0 Å². The zero-order valence-electron chi connectivity index (χ0n) is 24.9. The largest absolute Gasteiger partial charge is 0.461 e. The fourth-order valence-corrected chi connectivity index (χ4v) is 10.0. The first-order chi connectivity index (χ1) is 18.3. The number of hydrogen-bond acceptors (Lipinski definition) is 6. The number of unbranched alkanes of at least 4 members (excludes halogenated alkanes) is 3. The van der Waals surface area contributed by atoms with Crippen LogP contribution in [0.3, 0.4) is 0 Å². The molecule has 3 saturated heterocycles. The van der Waals surface area contributed by atoms with E-state index in [9.17, 15) is 19.5 Å². The topological polar surface area (TPSA) is 87.2 Å². The molecule has 0 saturated carbocycles. The quantitative estimate of drug-likeness (QED) is 0.185. The van der Waals surface area contributed by atoms with E-state index in [2.05, 4.69) is 54.7 Å². The minimum Gasteiger partial charge on any atom is -0.461 e. The molecule has 220 valence electrons. The third-order valence-corrected chi connectivity index (χ3v) is 10.7. The molecule has 3 aliphatic heterocycles. The molecule has 0 aromatic heterocycles. The highest BCUT2D eigenvalue weighted by molar-refractivity contribution is 8.02. The molecule has 0 aromatic rings. The Labute approximate surface area is 239 Å². The van der Waals surface area contributed by atoms with Crippen molar-refractivity contribution >= 4 is 29.5 Å². The van der Waals surface area contributed by atoms with Crippen molar-refractivity contribution in [2.24, 2.45) is 23.2 Å². The number of amides is 2. The van der Waals surface area contributed by atoms with E-state index in [4.69, 9.17) is 4.74 Å². The molecule has 0 aliphatic carbocycles. The summed E-state index contributed by atoms with van der Waals surface area (Å²) in [5.41, 5.74) is -0.462. The summed E-state index contributed by atoms with van der Waals surface area (Å²) in [6.45, 7) is 21.6. The summed E-state index contributed by atoms with van der Waals surface area (Å²) in [5, 5.41) is 9.14. The molecule has 39 heavy (non-hydrogen) atoms. The predicted octanol–water partition coefficient (Wildman–Crippen LogP) is 4.83. The molecule has 2 bridgehead atoms. The Kier molecular flexibility index (Phi) is 10.1. The fraction of sp³-hybridized carbons (Fsp3) is 0.774. The smallest absolute Gasteiger partial charge is 0.311 e. The highest BCUT2D eigenvalue weighted by atomic mass is 32.2. The van der Waals surface area contributed by atoms with Crippen molar-refractivity contribution in [2.75, 3.05) is 26.3 Å². The summed E-state index contributed by atoms with van der Waals surface area (Å²) < 4.78 is 4.83. The lowest BCUT2D eigenvalue weighted by Gasteiger charge is -2.46. The van der Waals surface area contributed by atoms with E-state index in [1.54, 1.807) is 28.8 Å². The molecule has 1 spiro atoms. The number of fused-ring (bicyclic) bond motifs is 1. The number of carbonyl (C=O) groups is 3. The van der Waals surface area contributed by atoms with Crippen LogP contribution in [0.5, 0.6) is 0 Å². The normalized spacial score (nSPS) is 29.9. The maximum absolute atomic E-state index is 14.8. The van der Waals surface area contributed by atoms with Crippen LogP contribution >= 0.6 is 11.8 Å². The average Bonchev–Trinajstić information content (AvgIpc) is 3.42. The Bertz CT molecular complexity index is 944. The Morgan fingerprint density at radius 3 is 2.41 bits per heavy atom. The van der Waals surface area contributed by atoms with Crippen LogP contribution in [0.1, 0.15) is 80.1 Å². The van der Waals surface area contributed by atoms with E-state index in [0.717, 1.165) is 38.5 Å². The minimum absolute atomic E-state index is 0.00420. The number of ether oxygens (including phenoxy) is 1. The van der Waals surface area contributed by atoms with Crippen LogP contribution in [-0.2, 0) is 19.1 Å². The number of hydrogen-bond donors (Lipinski definition) is 1. The molecule has 7 nitrogen and oxygen atoms in total. The highest BCUT2D eigenvalue weighted by Crippen LogP contribution is 2.69. The lowest BCUT2D eigenvalue weighted by atomic mass is 9.66. The maximum atomic E-state index is 14.8. The number of aliphatic hydroxyl groups is 1. The molecule has 3 fully saturated rings. The Hall–Kier alpha value is -1.80. The number of nitrogens with zero attached hydrogens (tertiary/aromatic N) is 2. The summed E-state index contributed by atoms with van der Waals surface area (Å²) in [7, 11) is 0. The van der Waals surface area contributed by atoms with E-state index < -0.39 is 28.2 Å². The molecule has 3 heterocycles. The van der Waals surface area contributed by atoms with Gasteiger partial charge in [0, 0.05) is 30.5 Å². The van der Waals surface area contributed by atoms with Crippen molar-refractivity contribution in [3.63, 3.8) is 0 Å². The van der Waals surface area contributed by atoms with E-state index >= 15 is 0 Å². The Balaban J connectivity index is 2.04. The fourth-order valence-electron chi connectivity index (χ4n) is 7.60. The zero-order chi connectivity index (χ0) is 29.2. The first-order valence-electron chi connectivity index (χ1n) is 14.6. The Morgan fingerprint density at radius 1 is 1.15 bits per heavy atom. The van der Waals surface area contributed by atoms with Crippen LogP contribution in [-0.4, -0.2) is 80.6 Å². The van der Waals surface area contributed by atoms with Crippen LogP contribution < -0.4 is 0 Å². The number of esters is 1. The van der Waals surface area contributed by atoms with Gasteiger partial charge in [-0.2, -0.15) is 0 Å². The van der Waals surface area contributed by atoms with Gasteiger partial charge in [-0.25, -0.2) is 0 Å². The van der Waals surface area contributed by atoms with Gasteiger partial charge in [-0.05, 0) is 50.9 Å². The van der Waals surface area contributed by atoms with E-state index in [1.807, 2.05) is 4.90 Å². The van der Waals surface area contributed by atoms with Crippen LogP contribution in [0.4, 0.5) is 0 Å². The number of aliphatic hydroxyl groups excluding tert-OH is 1. The van der Waals surface area contributed by atoms with Gasteiger partial charge in [-0.3, -0.25) is 14.4 Å². The van der Waals surface area contributed by atoms with Gasteiger partial charge in [0.15, 0.2) is 0 Å². The van der Waals surface area contributed by atoms with Crippen molar-refractivity contribution < 1.29 is 24.2 Å². The molecule has 3 aliphatic rings. The van der Waals surface area contributed by atoms with Gasteiger partial charge in [-0.15, -0.1) is 18.3 Å². The molecule has 0 radical (unpaired) electrons. The number of rotatable bonds is 14. The molecule has 1 N–H and O–H groups in total. The molecule has 3 rings (SSSR count). The van der Waals surface area contributed by atoms with E-state index in [-0.39, 0.29) is 47.6 Å². The number of carbonyl (C=O) groups excluding carboxylic acids is 3. The monoisotopic (exact) mass is 562 g/mol. The van der Waals surface area contributed by atoms with Crippen LogP contribution in [0, 0.1) is 23.2 Å². The van der Waals surface area contributed by atoms with Crippen molar-refractivity contribution in [3.05, 3.63) is 25.3 Å². The third kappa shape index (κ3) is 6.12. The molecule has 3 unspecified atom stereocenters.